The van der Waals surface area contributed by atoms with E-state index in [9.17, 15) is 17.6 Å². The highest BCUT2D eigenvalue weighted by atomic mass is 32.2. The van der Waals surface area contributed by atoms with E-state index in [4.69, 9.17) is 4.74 Å². The molecule has 0 aliphatic carbocycles. The van der Waals surface area contributed by atoms with Crippen molar-refractivity contribution in [1.29, 1.82) is 0 Å². The summed E-state index contributed by atoms with van der Waals surface area (Å²) in [5.74, 6) is 0.0331. The molecule has 12 heteroatoms. The summed E-state index contributed by atoms with van der Waals surface area (Å²) in [4.78, 5) is 12.8. The van der Waals surface area contributed by atoms with Gasteiger partial charge in [0.25, 0.3) is 10.0 Å². The maximum atomic E-state index is 13.5. The lowest BCUT2D eigenvalue weighted by Crippen LogP contribution is -2.38. The zero-order valence-electron chi connectivity index (χ0n) is 19.0. The van der Waals surface area contributed by atoms with Gasteiger partial charge in [0.1, 0.15) is 18.1 Å². The standard InChI is InChI=1S/C24H21FN4O4S3/c1-33-20-11-13-21(14-12-20)36(31,32)29(19-9-7-18(25)8-10-19)15-22(30)26-23-27-28-24(35-23)34-16-17-5-3-2-4-6-17/h2-14H,15-16H2,1H3,(H,26,27,30). The molecule has 1 aromatic heterocycles. The molecule has 36 heavy (non-hydrogen) atoms. The summed E-state index contributed by atoms with van der Waals surface area (Å²) in [6.45, 7) is -0.550. The van der Waals surface area contributed by atoms with Crippen LogP contribution in [0, 0.1) is 5.82 Å². The molecule has 186 valence electrons. The van der Waals surface area contributed by atoms with Gasteiger partial charge in [-0.1, -0.05) is 53.4 Å². The molecule has 0 spiro atoms. The lowest BCUT2D eigenvalue weighted by Gasteiger charge is -2.24. The molecule has 1 heterocycles. The number of anilines is 2. The second-order valence-corrected chi connectivity index (χ2v) is 11.4. The first-order valence-corrected chi connectivity index (χ1v) is 13.8. The Morgan fingerprint density at radius 2 is 1.72 bits per heavy atom. The molecule has 0 radical (unpaired) electrons. The number of benzene rings is 3. The summed E-state index contributed by atoms with van der Waals surface area (Å²) in [6, 6.07) is 20.5. The number of aromatic nitrogens is 2. The van der Waals surface area contributed by atoms with Crippen LogP contribution in [0.1, 0.15) is 5.56 Å². The van der Waals surface area contributed by atoms with E-state index in [1.54, 1.807) is 0 Å². The van der Waals surface area contributed by atoms with E-state index >= 15 is 0 Å². The Bertz CT molecular complexity index is 1410. The van der Waals surface area contributed by atoms with E-state index in [-0.39, 0.29) is 15.7 Å². The average Bonchev–Trinajstić information content (AvgIpc) is 3.34. The molecule has 0 unspecified atom stereocenters. The molecule has 3 aromatic carbocycles. The molecule has 0 aliphatic heterocycles. The summed E-state index contributed by atoms with van der Waals surface area (Å²) in [6.07, 6.45) is 0. The monoisotopic (exact) mass is 544 g/mol. The third kappa shape index (κ3) is 6.39. The normalized spacial score (nSPS) is 11.2. The number of amides is 1. The molecular weight excluding hydrogens is 523 g/mol. The number of carbonyl (C=O) groups is 1. The van der Waals surface area contributed by atoms with E-state index in [2.05, 4.69) is 15.5 Å². The number of thioether (sulfide) groups is 1. The zero-order valence-corrected chi connectivity index (χ0v) is 21.4. The number of rotatable bonds is 10. The summed E-state index contributed by atoms with van der Waals surface area (Å²) >= 11 is 2.67. The first kappa shape index (κ1) is 25.6. The maximum Gasteiger partial charge on any atom is 0.264 e. The van der Waals surface area contributed by atoms with Crippen LogP contribution in [0.5, 0.6) is 5.75 Å². The van der Waals surface area contributed by atoms with Crippen molar-refractivity contribution in [3.63, 3.8) is 0 Å². The number of halogens is 1. The molecule has 0 saturated heterocycles. The number of nitrogens with zero attached hydrogens (tertiary/aromatic N) is 3. The van der Waals surface area contributed by atoms with Crippen LogP contribution >= 0.6 is 23.1 Å². The third-order valence-corrected chi connectivity index (χ3v) is 8.74. The Labute approximate surface area is 216 Å². The van der Waals surface area contributed by atoms with Crippen molar-refractivity contribution < 1.29 is 22.3 Å². The molecule has 4 rings (SSSR count). The summed E-state index contributed by atoms with van der Waals surface area (Å²) in [5.41, 5.74) is 1.26. The predicted molar refractivity (Wildman–Crippen MR) is 138 cm³/mol. The van der Waals surface area contributed by atoms with Crippen molar-refractivity contribution >= 4 is 49.8 Å². The van der Waals surface area contributed by atoms with E-state index in [0.29, 0.717) is 15.8 Å². The van der Waals surface area contributed by atoms with Gasteiger partial charge in [0.15, 0.2) is 4.34 Å². The van der Waals surface area contributed by atoms with Crippen molar-refractivity contribution in [2.75, 3.05) is 23.3 Å². The fraction of sp³-hybridized carbons (Fsp3) is 0.125. The lowest BCUT2D eigenvalue weighted by atomic mass is 10.2. The van der Waals surface area contributed by atoms with Crippen molar-refractivity contribution in [1.82, 2.24) is 10.2 Å². The van der Waals surface area contributed by atoms with Gasteiger partial charge in [-0.25, -0.2) is 12.8 Å². The highest BCUT2D eigenvalue weighted by molar-refractivity contribution is 8.00. The largest absolute Gasteiger partial charge is 0.497 e. The first-order valence-electron chi connectivity index (χ1n) is 10.6. The van der Waals surface area contributed by atoms with Crippen LogP contribution in [0.3, 0.4) is 0 Å². The van der Waals surface area contributed by atoms with Crippen LogP contribution < -0.4 is 14.4 Å². The number of hydrogen-bond donors (Lipinski definition) is 1. The SMILES string of the molecule is COc1ccc(S(=O)(=O)N(CC(=O)Nc2nnc(SCc3ccccc3)s2)c2ccc(F)cc2)cc1. The number of ether oxygens (including phenoxy) is 1. The lowest BCUT2D eigenvalue weighted by molar-refractivity contribution is -0.114. The molecule has 0 atom stereocenters. The van der Waals surface area contributed by atoms with Crippen LogP contribution in [0.4, 0.5) is 15.2 Å². The minimum atomic E-state index is -4.16. The molecule has 0 saturated carbocycles. The molecule has 0 aliphatic rings. The molecular formula is C24H21FN4O4S3. The van der Waals surface area contributed by atoms with Crippen molar-refractivity contribution in [3.05, 3.63) is 90.2 Å². The Morgan fingerprint density at radius 1 is 1.03 bits per heavy atom. The van der Waals surface area contributed by atoms with Gasteiger partial charge in [-0.05, 0) is 54.1 Å². The van der Waals surface area contributed by atoms with Gasteiger partial charge >= 0.3 is 0 Å². The van der Waals surface area contributed by atoms with E-state index in [0.717, 1.165) is 22.0 Å². The quantitative estimate of drug-likeness (QED) is 0.226. The highest BCUT2D eigenvalue weighted by Gasteiger charge is 2.28. The van der Waals surface area contributed by atoms with E-state index in [1.807, 2.05) is 30.3 Å². The van der Waals surface area contributed by atoms with E-state index in [1.165, 1.54) is 66.6 Å². The fourth-order valence-corrected chi connectivity index (χ4v) is 6.27. The van der Waals surface area contributed by atoms with Gasteiger partial charge in [-0.3, -0.25) is 14.4 Å². The van der Waals surface area contributed by atoms with Crippen LogP contribution in [0.15, 0.2) is 88.1 Å². The zero-order chi connectivity index (χ0) is 25.5. The van der Waals surface area contributed by atoms with Gasteiger partial charge < -0.3 is 4.74 Å². The number of hydrogen-bond acceptors (Lipinski definition) is 8. The number of methoxy groups -OCH3 is 1. The average molecular weight is 545 g/mol. The smallest absolute Gasteiger partial charge is 0.264 e. The van der Waals surface area contributed by atoms with Crippen LogP contribution in [0.2, 0.25) is 0 Å². The second-order valence-electron chi connectivity index (χ2n) is 7.36. The van der Waals surface area contributed by atoms with Gasteiger partial charge in [0.05, 0.1) is 17.7 Å². The number of nitrogens with one attached hydrogen (secondary N) is 1. The molecule has 1 amide bonds. The van der Waals surface area contributed by atoms with Crippen LogP contribution in [-0.2, 0) is 20.6 Å². The number of sulfonamides is 1. The second kappa shape index (κ2) is 11.5. The molecule has 0 bridgehead atoms. The highest BCUT2D eigenvalue weighted by Crippen LogP contribution is 2.29. The third-order valence-electron chi connectivity index (χ3n) is 4.91. The minimum Gasteiger partial charge on any atom is -0.497 e. The Balaban J connectivity index is 1.49. The summed E-state index contributed by atoms with van der Waals surface area (Å²) in [5, 5.41) is 10.9. The summed E-state index contributed by atoms with van der Waals surface area (Å²) < 4.78 is 47.0. The Hall–Kier alpha value is -3.48. The van der Waals surface area contributed by atoms with Gasteiger partial charge in [0.2, 0.25) is 11.0 Å². The summed E-state index contributed by atoms with van der Waals surface area (Å²) in [7, 11) is -2.69. The van der Waals surface area contributed by atoms with Crippen molar-refractivity contribution in [3.8, 4) is 5.75 Å². The minimum absolute atomic E-state index is 0.0454. The van der Waals surface area contributed by atoms with Crippen molar-refractivity contribution in [2.45, 2.75) is 15.0 Å². The number of carbonyl (C=O) groups excluding carboxylic acids is 1. The van der Waals surface area contributed by atoms with Gasteiger partial charge in [0, 0.05) is 5.75 Å². The van der Waals surface area contributed by atoms with Gasteiger partial charge in [-0.2, -0.15) is 0 Å². The van der Waals surface area contributed by atoms with Gasteiger partial charge in [-0.15, -0.1) is 10.2 Å². The molecule has 0 fully saturated rings. The van der Waals surface area contributed by atoms with Crippen LogP contribution in [0.25, 0.3) is 0 Å². The Morgan fingerprint density at radius 3 is 2.39 bits per heavy atom. The van der Waals surface area contributed by atoms with E-state index < -0.39 is 28.3 Å². The van der Waals surface area contributed by atoms with Crippen LogP contribution in [-0.4, -0.2) is 38.2 Å². The topological polar surface area (TPSA) is 101 Å². The molecule has 4 aromatic rings. The molecule has 1 N–H and O–H groups in total. The van der Waals surface area contributed by atoms with Crippen molar-refractivity contribution in [2.24, 2.45) is 0 Å². The molecule has 8 nitrogen and oxygen atoms in total. The predicted octanol–water partition coefficient (Wildman–Crippen LogP) is 4.81. The maximum absolute atomic E-state index is 13.5. The Kier molecular flexibility index (Phi) is 8.18. The first-order chi connectivity index (χ1) is 17.3. The fourth-order valence-electron chi connectivity index (χ4n) is 3.12.